The van der Waals surface area contributed by atoms with E-state index in [1.54, 1.807) is 6.08 Å². The third-order valence-electron chi connectivity index (χ3n) is 7.89. The number of rotatable bonds is 4. The first kappa shape index (κ1) is 18.6. The third kappa shape index (κ3) is 2.43. The van der Waals surface area contributed by atoms with Gasteiger partial charge in [-0.2, -0.15) is 0 Å². The van der Waals surface area contributed by atoms with Gasteiger partial charge in [-0.25, -0.2) is 0 Å². The number of hydrogen-bond acceptors (Lipinski definition) is 5. The average molecular weight is 397 g/mol. The van der Waals surface area contributed by atoms with Crippen molar-refractivity contribution in [1.82, 2.24) is 0 Å². The standard InChI is InChI=1S/C21H24N4O4/c22-24-23-12-25(11-13-1-2-13)8-7-20-10-15(26)5-6-21(20,29)17(25)9-14-3-4-16(27)19(28)18(14)20/h3-4,9,13,17,29H,1-2,5-8,10-12H2/p+1/t17?,20-,21-,25+/m1/s1. The Balaban J connectivity index is 1.74. The lowest BCUT2D eigenvalue weighted by molar-refractivity contribution is -0.961. The Bertz CT molecular complexity index is 958. The van der Waals surface area contributed by atoms with E-state index in [-0.39, 0.29) is 43.5 Å². The minimum atomic E-state index is -1.27. The Hall–Kier alpha value is -2.41. The highest BCUT2D eigenvalue weighted by Crippen LogP contribution is 2.63. The molecule has 5 aliphatic rings. The van der Waals surface area contributed by atoms with Crippen molar-refractivity contribution in [2.24, 2.45) is 16.4 Å². The van der Waals surface area contributed by atoms with Crippen molar-refractivity contribution in [2.45, 2.75) is 50.2 Å². The Morgan fingerprint density at radius 1 is 1.28 bits per heavy atom. The molecule has 0 amide bonds. The molecular weight excluding hydrogens is 372 g/mol. The van der Waals surface area contributed by atoms with E-state index in [2.05, 4.69) is 10.0 Å². The SMILES string of the molecule is [N-]=[N+]=NC[N@@+]1(CC2CC2)CC[C@]23CC(=O)CC[C@@]2(O)C1C=C1C=CC(=O)C(O)=C13. The highest BCUT2D eigenvalue weighted by molar-refractivity contribution is 6.06. The molecule has 2 saturated carbocycles. The van der Waals surface area contributed by atoms with Crippen LogP contribution in [0.25, 0.3) is 10.4 Å². The van der Waals surface area contributed by atoms with Gasteiger partial charge in [-0.15, -0.1) is 0 Å². The molecule has 0 aromatic heterocycles. The molecular formula is C21H25N4O4+. The summed E-state index contributed by atoms with van der Waals surface area (Å²) in [5.74, 6) is -0.224. The molecule has 5 rings (SSSR count). The number of azide groups is 1. The van der Waals surface area contributed by atoms with Crippen molar-refractivity contribution in [1.29, 1.82) is 0 Å². The number of aliphatic hydroxyl groups is 2. The summed E-state index contributed by atoms with van der Waals surface area (Å²) in [5, 5.41) is 26.8. The van der Waals surface area contributed by atoms with Gasteiger partial charge in [0, 0.05) is 41.1 Å². The van der Waals surface area contributed by atoms with Gasteiger partial charge in [0.15, 0.2) is 12.4 Å². The largest absolute Gasteiger partial charge is 0.504 e. The van der Waals surface area contributed by atoms with Crippen LogP contribution in [0.4, 0.5) is 0 Å². The maximum absolute atomic E-state index is 12.5. The number of carbonyl (C=O) groups is 2. The summed E-state index contributed by atoms with van der Waals surface area (Å²) in [6.07, 6.45) is 8.43. The van der Waals surface area contributed by atoms with Crippen LogP contribution in [-0.4, -0.2) is 57.7 Å². The molecule has 3 fully saturated rings. The monoisotopic (exact) mass is 397 g/mol. The molecule has 152 valence electrons. The minimum Gasteiger partial charge on any atom is -0.504 e. The van der Waals surface area contributed by atoms with Crippen LogP contribution in [-0.2, 0) is 9.59 Å². The number of ketones is 2. The van der Waals surface area contributed by atoms with Crippen LogP contribution in [0.15, 0.2) is 40.2 Å². The predicted molar refractivity (Wildman–Crippen MR) is 103 cm³/mol. The summed E-state index contributed by atoms with van der Waals surface area (Å²) >= 11 is 0. The third-order valence-corrected chi connectivity index (χ3v) is 7.89. The molecule has 29 heavy (non-hydrogen) atoms. The van der Waals surface area contributed by atoms with E-state index >= 15 is 0 Å². The molecule has 1 unspecified atom stereocenters. The number of carbonyl (C=O) groups excluding carboxylic acids is 2. The van der Waals surface area contributed by atoms with Crippen LogP contribution in [0.3, 0.4) is 0 Å². The van der Waals surface area contributed by atoms with Gasteiger partial charge < -0.3 is 14.7 Å². The number of nitrogens with zero attached hydrogens (tertiary/aromatic N) is 4. The van der Waals surface area contributed by atoms with E-state index in [1.807, 2.05) is 6.08 Å². The zero-order valence-electron chi connectivity index (χ0n) is 16.3. The topological polar surface area (TPSA) is 123 Å². The summed E-state index contributed by atoms with van der Waals surface area (Å²) in [6.45, 7) is 1.71. The fourth-order valence-electron chi connectivity index (χ4n) is 6.40. The van der Waals surface area contributed by atoms with E-state index in [0.717, 1.165) is 19.4 Å². The van der Waals surface area contributed by atoms with E-state index in [4.69, 9.17) is 5.53 Å². The zero-order chi connectivity index (χ0) is 20.4. The Morgan fingerprint density at radius 2 is 2.07 bits per heavy atom. The second kappa shape index (κ2) is 6.05. The van der Waals surface area contributed by atoms with E-state index in [1.165, 1.54) is 6.08 Å². The van der Waals surface area contributed by atoms with Crippen molar-refractivity contribution in [3.63, 3.8) is 0 Å². The van der Waals surface area contributed by atoms with Gasteiger partial charge >= 0.3 is 0 Å². The summed E-state index contributed by atoms with van der Waals surface area (Å²) in [4.78, 5) is 27.8. The fraction of sp³-hybridized carbons (Fsp3) is 0.619. The molecule has 4 aliphatic carbocycles. The molecule has 1 aliphatic heterocycles. The zero-order valence-corrected chi connectivity index (χ0v) is 16.3. The first-order valence-electron chi connectivity index (χ1n) is 10.3. The normalized spacial score (nSPS) is 40.7. The minimum absolute atomic E-state index is 0.0502. The van der Waals surface area contributed by atoms with Crippen LogP contribution in [0.2, 0.25) is 0 Å². The average Bonchev–Trinajstić information content (AvgIpc) is 3.50. The van der Waals surface area contributed by atoms with Gasteiger partial charge in [-0.3, -0.25) is 9.59 Å². The maximum atomic E-state index is 12.5. The lowest BCUT2D eigenvalue weighted by atomic mass is 9.48. The molecule has 2 bridgehead atoms. The number of likely N-dealkylation sites (tertiary alicyclic amines) is 1. The molecule has 4 atom stereocenters. The maximum Gasteiger partial charge on any atom is 0.220 e. The van der Waals surface area contributed by atoms with Crippen molar-refractivity contribution in [3.8, 4) is 0 Å². The number of piperidine rings is 1. The Morgan fingerprint density at radius 3 is 2.79 bits per heavy atom. The van der Waals surface area contributed by atoms with E-state index in [9.17, 15) is 19.8 Å². The number of fused-ring (bicyclic) bond motifs is 1. The van der Waals surface area contributed by atoms with Crippen molar-refractivity contribution in [2.75, 3.05) is 19.8 Å². The van der Waals surface area contributed by atoms with Crippen molar-refractivity contribution in [3.05, 3.63) is 45.6 Å². The fourth-order valence-corrected chi connectivity index (χ4v) is 6.40. The summed E-state index contributed by atoms with van der Waals surface area (Å²) in [6, 6.07) is -0.347. The van der Waals surface area contributed by atoms with Gasteiger partial charge in [-0.05, 0) is 47.6 Å². The molecule has 1 saturated heterocycles. The van der Waals surface area contributed by atoms with Gasteiger partial charge in [0.25, 0.3) is 0 Å². The van der Waals surface area contributed by atoms with E-state index in [0.29, 0.717) is 34.5 Å². The quantitative estimate of drug-likeness (QED) is 0.327. The first-order valence-corrected chi connectivity index (χ1v) is 10.3. The molecule has 8 heteroatoms. The Kier molecular flexibility index (Phi) is 3.88. The number of allylic oxidation sites excluding steroid dienone is 3. The highest BCUT2D eigenvalue weighted by Gasteiger charge is 2.71. The molecule has 0 aromatic rings. The van der Waals surface area contributed by atoms with Crippen LogP contribution >= 0.6 is 0 Å². The molecule has 0 aromatic carbocycles. The van der Waals surface area contributed by atoms with Gasteiger partial charge in [0.1, 0.15) is 17.4 Å². The lowest BCUT2D eigenvalue weighted by Gasteiger charge is -2.65. The van der Waals surface area contributed by atoms with Gasteiger partial charge in [0.05, 0.1) is 13.1 Å². The second-order valence-electron chi connectivity index (χ2n) is 9.40. The highest BCUT2D eigenvalue weighted by atomic mass is 16.3. The summed E-state index contributed by atoms with van der Waals surface area (Å²) in [5.41, 5.74) is 7.92. The number of quaternary nitrogens is 1. The van der Waals surface area contributed by atoms with Gasteiger partial charge in [0.2, 0.25) is 5.78 Å². The Labute approximate surface area is 168 Å². The van der Waals surface area contributed by atoms with Crippen molar-refractivity contribution >= 4 is 11.6 Å². The van der Waals surface area contributed by atoms with Crippen molar-refractivity contribution < 1.29 is 24.3 Å². The number of Topliss-reactive ketones (excluding diaryl/α,β-unsaturated/α-hetero) is 1. The molecule has 1 heterocycles. The summed E-state index contributed by atoms with van der Waals surface area (Å²) < 4.78 is 0.473. The van der Waals surface area contributed by atoms with E-state index < -0.39 is 16.8 Å². The van der Waals surface area contributed by atoms with Crippen LogP contribution in [0.1, 0.15) is 38.5 Å². The van der Waals surface area contributed by atoms with Crippen LogP contribution < -0.4 is 0 Å². The molecule has 0 radical (unpaired) electrons. The smallest absolute Gasteiger partial charge is 0.220 e. The van der Waals surface area contributed by atoms with Crippen LogP contribution in [0.5, 0.6) is 0 Å². The first-order chi connectivity index (χ1) is 13.9. The molecule has 8 nitrogen and oxygen atoms in total. The number of aliphatic hydroxyl groups excluding tert-OH is 1. The molecule has 0 spiro atoms. The predicted octanol–water partition coefficient (Wildman–Crippen LogP) is 2.61. The second-order valence-corrected chi connectivity index (χ2v) is 9.40. The van der Waals surface area contributed by atoms with Crippen LogP contribution in [0, 0.1) is 11.3 Å². The van der Waals surface area contributed by atoms with Gasteiger partial charge in [-0.1, -0.05) is 6.08 Å². The lowest BCUT2D eigenvalue weighted by Crippen LogP contribution is -2.77. The summed E-state index contributed by atoms with van der Waals surface area (Å²) in [7, 11) is 0. The number of hydrogen-bond donors (Lipinski definition) is 2. The molecule has 2 N–H and O–H groups in total.